The number of carbonyl (C=O) groups is 2. The van der Waals surface area contributed by atoms with E-state index in [9.17, 15) is 14.0 Å². The van der Waals surface area contributed by atoms with Crippen molar-refractivity contribution < 1.29 is 23.5 Å². The van der Waals surface area contributed by atoms with Crippen molar-refractivity contribution in [2.24, 2.45) is 0 Å². The number of ether oxygens (including phenoxy) is 2. The predicted molar refractivity (Wildman–Crippen MR) is 123 cm³/mol. The second-order valence-electron chi connectivity index (χ2n) is 6.50. The lowest BCUT2D eigenvalue weighted by molar-refractivity contribution is -0.129. The van der Waals surface area contributed by atoms with Crippen molar-refractivity contribution in [3.05, 3.63) is 120 Å². The van der Waals surface area contributed by atoms with Gasteiger partial charge < -0.3 is 9.47 Å². The Balaban J connectivity index is 1.75. The Hall–Kier alpha value is -4.87. The molecule has 0 spiro atoms. The molecule has 0 aliphatic heterocycles. The zero-order chi connectivity index (χ0) is 23.6. The first kappa shape index (κ1) is 22.8. The summed E-state index contributed by atoms with van der Waals surface area (Å²) in [7, 11) is 0. The van der Waals surface area contributed by atoms with E-state index in [2.05, 4.69) is 36.8 Å². The van der Waals surface area contributed by atoms with Crippen LogP contribution in [0.2, 0.25) is 0 Å². The Bertz CT molecular complexity index is 1360. The van der Waals surface area contributed by atoms with Crippen molar-refractivity contribution in [2.75, 3.05) is 0 Å². The van der Waals surface area contributed by atoms with Gasteiger partial charge in [-0.3, -0.25) is 0 Å². The fourth-order valence-electron chi connectivity index (χ4n) is 2.57. The second-order valence-corrected chi connectivity index (χ2v) is 6.50. The quantitative estimate of drug-likeness (QED) is 0.255. The molecule has 33 heavy (non-hydrogen) atoms. The van der Waals surface area contributed by atoms with Gasteiger partial charge in [-0.15, -0.1) is 0 Å². The molecule has 4 nitrogen and oxygen atoms in total. The van der Waals surface area contributed by atoms with Gasteiger partial charge in [0.1, 0.15) is 17.3 Å². The molecule has 5 heteroatoms. The minimum atomic E-state index is -0.577. The van der Waals surface area contributed by atoms with Crippen molar-refractivity contribution in [3.63, 3.8) is 0 Å². The molecule has 0 aromatic heterocycles. The van der Waals surface area contributed by atoms with Crippen molar-refractivity contribution in [3.8, 4) is 35.2 Å². The van der Waals surface area contributed by atoms with Crippen molar-refractivity contribution in [2.45, 2.75) is 0 Å². The molecule has 3 aromatic rings. The minimum Gasteiger partial charge on any atom is -0.423 e. The summed E-state index contributed by atoms with van der Waals surface area (Å²) in [5.74, 6) is 10.4. The first-order valence-electron chi connectivity index (χ1n) is 9.69. The summed E-state index contributed by atoms with van der Waals surface area (Å²) < 4.78 is 24.6. The molecule has 0 aliphatic rings. The molecule has 0 amide bonds. The van der Waals surface area contributed by atoms with Gasteiger partial charge in [-0.25, -0.2) is 14.0 Å². The van der Waals surface area contributed by atoms with E-state index in [-0.39, 0.29) is 5.56 Å². The molecule has 0 saturated heterocycles. The zero-order valence-electron chi connectivity index (χ0n) is 17.4. The second kappa shape index (κ2) is 10.9. The molecule has 160 valence electrons. The van der Waals surface area contributed by atoms with Crippen molar-refractivity contribution >= 4 is 11.9 Å². The van der Waals surface area contributed by atoms with Crippen molar-refractivity contribution in [1.82, 2.24) is 0 Å². The van der Waals surface area contributed by atoms with Gasteiger partial charge in [-0.2, -0.15) is 0 Å². The molecule has 0 aliphatic carbocycles. The van der Waals surface area contributed by atoms with Crippen LogP contribution in [-0.4, -0.2) is 11.9 Å². The van der Waals surface area contributed by atoms with Gasteiger partial charge >= 0.3 is 11.9 Å². The number of hydrogen-bond acceptors (Lipinski definition) is 4. The number of halogens is 1. The smallest absolute Gasteiger partial charge is 0.335 e. The van der Waals surface area contributed by atoms with E-state index in [1.54, 1.807) is 54.6 Å². The molecule has 0 bridgehead atoms. The highest BCUT2D eigenvalue weighted by atomic mass is 19.1. The van der Waals surface area contributed by atoms with Crippen LogP contribution in [0.3, 0.4) is 0 Å². The van der Waals surface area contributed by atoms with Crippen LogP contribution < -0.4 is 9.47 Å². The van der Waals surface area contributed by atoms with Gasteiger partial charge in [0.15, 0.2) is 0 Å². The third kappa shape index (κ3) is 6.82. The SMILES string of the molecule is C=CC(=O)Oc1cccc(C#Cc2ccc(C#Cc3cccc(OC(=O)C=C)c3)c(F)c2)c1. The van der Waals surface area contributed by atoms with E-state index < -0.39 is 17.8 Å². The Kier molecular flexibility index (Phi) is 7.57. The zero-order valence-corrected chi connectivity index (χ0v) is 17.4. The molecule has 0 fully saturated rings. The van der Waals surface area contributed by atoms with Gasteiger partial charge in [0, 0.05) is 28.8 Å². The van der Waals surface area contributed by atoms with Crippen molar-refractivity contribution in [1.29, 1.82) is 0 Å². The number of hydrogen-bond donors (Lipinski definition) is 0. The van der Waals surface area contributed by atoms with Crippen LogP contribution in [0.15, 0.2) is 92.0 Å². The molecular weight excluding hydrogens is 419 g/mol. The van der Waals surface area contributed by atoms with E-state index in [0.717, 1.165) is 12.2 Å². The summed E-state index contributed by atoms with van der Waals surface area (Å²) >= 11 is 0. The number of benzene rings is 3. The fourth-order valence-corrected chi connectivity index (χ4v) is 2.57. The molecule has 0 N–H and O–H groups in total. The first-order chi connectivity index (χ1) is 16.0. The molecule has 0 saturated carbocycles. The standard InChI is InChI=1S/C28H17FO4/c1-3-27(30)32-24-9-5-7-20(17-24)11-12-22-14-16-23(26(29)19-22)15-13-21-8-6-10-25(18-21)33-28(31)4-2/h3-10,14,16-19H,1-2H2. The minimum absolute atomic E-state index is 0.201. The van der Waals surface area contributed by atoms with E-state index in [1.165, 1.54) is 12.1 Å². The lowest BCUT2D eigenvalue weighted by Gasteiger charge is -2.01. The normalized spacial score (nSPS) is 9.36. The number of carbonyl (C=O) groups excluding carboxylic acids is 2. The van der Waals surface area contributed by atoms with Crippen LogP contribution in [0.4, 0.5) is 4.39 Å². The van der Waals surface area contributed by atoms with Crippen LogP contribution >= 0.6 is 0 Å². The Morgan fingerprint density at radius 1 is 0.697 bits per heavy atom. The molecule has 0 radical (unpaired) electrons. The maximum Gasteiger partial charge on any atom is 0.335 e. The highest BCUT2D eigenvalue weighted by molar-refractivity contribution is 5.83. The molecule has 3 aromatic carbocycles. The number of rotatable bonds is 4. The van der Waals surface area contributed by atoms with E-state index in [1.807, 2.05) is 0 Å². The highest BCUT2D eigenvalue weighted by Crippen LogP contribution is 2.15. The Labute approximate surface area is 191 Å². The molecule has 0 heterocycles. The first-order valence-corrected chi connectivity index (χ1v) is 9.69. The number of esters is 2. The lowest BCUT2D eigenvalue weighted by Crippen LogP contribution is -2.02. The van der Waals surface area contributed by atoms with Crippen LogP contribution in [0.1, 0.15) is 22.3 Å². The average Bonchev–Trinajstić information content (AvgIpc) is 2.82. The summed E-state index contributed by atoms with van der Waals surface area (Å²) in [5.41, 5.74) is 1.83. The third-order valence-corrected chi connectivity index (χ3v) is 4.10. The van der Waals surface area contributed by atoms with E-state index >= 15 is 0 Å². The average molecular weight is 436 g/mol. The van der Waals surface area contributed by atoms with E-state index in [0.29, 0.717) is 28.2 Å². The molecular formula is C28H17FO4. The molecule has 0 unspecified atom stereocenters. The van der Waals surface area contributed by atoms with Gasteiger partial charge in [-0.05, 0) is 54.6 Å². The Morgan fingerprint density at radius 2 is 1.18 bits per heavy atom. The monoisotopic (exact) mass is 436 g/mol. The predicted octanol–water partition coefficient (Wildman–Crippen LogP) is 4.81. The van der Waals surface area contributed by atoms with Gasteiger partial charge in [0.2, 0.25) is 0 Å². The maximum absolute atomic E-state index is 14.5. The molecule has 0 atom stereocenters. The topological polar surface area (TPSA) is 52.6 Å². The fraction of sp³-hybridized carbons (Fsp3) is 0. The highest BCUT2D eigenvalue weighted by Gasteiger charge is 2.03. The largest absolute Gasteiger partial charge is 0.423 e. The van der Waals surface area contributed by atoms with Gasteiger partial charge in [0.25, 0.3) is 0 Å². The third-order valence-electron chi connectivity index (χ3n) is 4.10. The lowest BCUT2D eigenvalue weighted by atomic mass is 10.1. The van der Waals surface area contributed by atoms with Crippen LogP contribution in [0.5, 0.6) is 11.5 Å². The van der Waals surface area contributed by atoms with Crippen LogP contribution in [0, 0.1) is 29.5 Å². The Morgan fingerprint density at radius 3 is 1.67 bits per heavy atom. The summed E-state index contributed by atoms with van der Waals surface area (Å²) in [6.45, 7) is 6.69. The summed E-state index contributed by atoms with van der Waals surface area (Å²) in [5, 5.41) is 0. The summed E-state index contributed by atoms with van der Waals surface area (Å²) in [4.78, 5) is 22.6. The van der Waals surface area contributed by atoms with E-state index in [4.69, 9.17) is 9.47 Å². The van der Waals surface area contributed by atoms with Gasteiger partial charge in [-0.1, -0.05) is 49.0 Å². The van der Waals surface area contributed by atoms with Crippen LogP contribution in [-0.2, 0) is 9.59 Å². The van der Waals surface area contributed by atoms with Crippen LogP contribution in [0.25, 0.3) is 0 Å². The maximum atomic E-state index is 14.5. The van der Waals surface area contributed by atoms with Gasteiger partial charge in [0.05, 0.1) is 5.56 Å². The summed E-state index contributed by atoms with van der Waals surface area (Å²) in [6, 6.07) is 17.7. The molecule has 3 rings (SSSR count). The summed E-state index contributed by atoms with van der Waals surface area (Å²) in [6.07, 6.45) is 2.13.